The van der Waals surface area contributed by atoms with E-state index in [-0.39, 0.29) is 5.91 Å². The topological polar surface area (TPSA) is 54.0 Å². The third kappa shape index (κ3) is 3.81. The van der Waals surface area contributed by atoms with Crippen molar-refractivity contribution in [2.75, 3.05) is 17.2 Å². The van der Waals surface area contributed by atoms with E-state index in [0.29, 0.717) is 5.69 Å². The summed E-state index contributed by atoms with van der Waals surface area (Å²) < 4.78 is 0. The molecule has 1 aromatic carbocycles. The molecule has 21 heavy (non-hydrogen) atoms. The van der Waals surface area contributed by atoms with Gasteiger partial charge in [-0.3, -0.25) is 4.79 Å². The Morgan fingerprint density at radius 3 is 2.67 bits per heavy atom. The van der Waals surface area contributed by atoms with E-state index >= 15 is 0 Å². The summed E-state index contributed by atoms with van der Waals surface area (Å²) in [6, 6.07) is 11.3. The molecule has 0 fully saturated rings. The molecule has 0 aliphatic rings. The number of rotatable bonds is 5. The molecule has 0 radical (unpaired) electrons. The lowest BCUT2D eigenvalue weighted by molar-refractivity contribution is 0.102. The van der Waals surface area contributed by atoms with Crippen molar-refractivity contribution in [2.45, 2.75) is 27.2 Å². The van der Waals surface area contributed by atoms with Crippen molar-refractivity contribution in [3.05, 3.63) is 53.2 Å². The fourth-order valence-electron chi connectivity index (χ4n) is 1.99. The minimum Gasteiger partial charge on any atom is -0.370 e. The third-order valence-corrected chi connectivity index (χ3v) is 3.39. The average Bonchev–Trinajstić information content (AvgIpc) is 2.50. The molecule has 110 valence electrons. The molecule has 1 heterocycles. The Labute approximate surface area is 125 Å². The summed E-state index contributed by atoms with van der Waals surface area (Å²) in [7, 11) is 0. The molecule has 4 heteroatoms. The quantitative estimate of drug-likeness (QED) is 0.878. The molecule has 2 rings (SSSR count). The number of pyridine rings is 1. The standard InChI is InChI=1S/C17H21N3O/c1-4-11-18-16-10-6-9-15(19-16)17(21)20-14-8-5-7-12(2)13(14)3/h5-10H,4,11H2,1-3H3,(H,18,19)(H,20,21). The Morgan fingerprint density at radius 2 is 1.90 bits per heavy atom. The van der Waals surface area contributed by atoms with Crippen molar-refractivity contribution < 1.29 is 4.79 Å². The zero-order valence-electron chi connectivity index (χ0n) is 12.7. The van der Waals surface area contributed by atoms with Crippen LogP contribution in [0.5, 0.6) is 0 Å². The van der Waals surface area contributed by atoms with Crippen molar-refractivity contribution in [3.63, 3.8) is 0 Å². The summed E-state index contributed by atoms with van der Waals surface area (Å²) in [6.45, 7) is 6.95. The predicted molar refractivity (Wildman–Crippen MR) is 86.9 cm³/mol. The Bertz CT molecular complexity index is 638. The third-order valence-electron chi connectivity index (χ3n) is 3.39. The molecule has 0 unspecified atom stereocenters. The number of nitrogens with zero attached hydrogens (tertiary/aromatic N) is 1. The van der Waals surface area contributed by atoms with Gasteiger partial charge in [-0.1, -0.05) is 25.1 Å². The van der Waals surface area contributed by atoms with Crippen LogP contribution in [0.15, 0.2) is 36.4 Å². The molecule has 0 saturated heterocycles. The van der Waals surface area contributed by atoms with E-state index in [0.717, 1.165) is 35.6 Å². The van der Waals surface area contributed by atoms with Crippen LogP contribution in [0.25, 0.3) is 0 Å². The van der Waals surface area contributed by atoms with E-state index < -0.39 is 0 Å². The predicted octanol–water partition coefficient (Wildman–Crippen LogP) is 3.77. The van der Waals surface area contributed by atoms with Gasteiger partial charge in [0.25, 0.3) is 5.91 Å². The number of anilines is 2. The van der Waals surface area contributed by atoms with Crippen molar-refractivity contribution in [1.82, 2.24) is 4.98 Å². The highest BCUT2D eigenvalue weighted by Crippen LogP contribution is 2.18. The molecule has 0 saturated carbocycles. The second kappa shape index (κ2) is 6.88. The summed E-state index contributed by atoms with van der Waals surface area (Å²) in [6.07, 6.45) is 1.01. The molecular weight excluding hydrogens is 262 g/mol. The molecule has 0 aliphatic heterocycles. The maximum Gasteiger partial charge on any atom is 0.274 e. The van der Waals surface area contributed by atoms with Gasteiger partial charge in [0.1, 0.15) is 11.5 Å². The first-order valence-electron chi connectivity index (χ1n) is 7.20. The number of nitrogens with one attached hydrogen (secondary N) is 2. The molecule has 2 aromatic rings. The molecule has 1 amide bonds. The van der Waals surface area contributed by atoms with E-state index in [2.05, 4.69) is 22.5 Å². The van der Waals surface area contributed by atoms with Crippen molar-refractivity contribution >= 4 is 17.4 Å². The Kier molecular flexibility index (Phi) is 4.93. The first-order valence-corrected chi connectivity index (χ1v) is 7.20. The largest absolute Gasteiger partial charge is 0.370 e. The highest BCUT2D eigenvalue weighted by atomic mass is 16.1. The van der Waals surface area contributed by atoms with Gasteiger partial charge in [-0.05, 0) is 49.6 Å². The highest BCUT2D eigenvalue weighted by Gasteiger charge is 2.10. The van der Waals surface area contributed by atoms with Crippen molar-refractivity contribution in [2.24, 2.45) is 0 Å². The Hall–Kier alpha value is -2.36. The summed E-state index contributed by atoms with van der Waals surface area (Å²) in [4.78, 5) is 16.6. The Balaban J connectivity index is 2.15. The van der Waals surface area contributed by atoms with Crippen molar-refractivity contribution in [3.8, 4) is 0 Å². The monoisotopic (exact) mass is 283 g/mol. The van der Waals surface area contributed by atoms with Gasteiger partial charge in [-0.15, -0.1) is 0 Å². The van der Waals surface area contributed by atoms with E-state index in [1.165, 1.54) is 0 Å². The van der Waals surface area contributed by atoms with Gasteiger partial charge in [-0.2, -0.15) is 0 Å². The second-order valence-corrected chi connectivity index (χ2v) is 5.04. The minimum atomic E-state index is -0.191. The molecule has 0 spiro atoms. The zero-order chi connectivity index (χ0) is 15.2. The highest BCUT2D eigenvalue weighted by molar-refractivity contribution is 6.03. The van der Waals surface area contributed by atoms with Gasteiger partial charge in [0, 0.05) is 12.2 Å². The van der Waals surface area contributed by atoms with Gasteiger partial charge in [-0.25, -0.2) is 4.98 Å². The number of aryl methyl sites for hydroxylation is 1. The first kappa shape index (κ1) is 15.0. The summed E-state index contributed by atoms with van der Waals surface area (Å²) in [5.74, 6) is 0.536. The van der Waals surface area contributed by atoms with Crippen LogP contribution >= 0.6 is 0 Å². The van der Waals surface area contributed by atoms with Crippen LogP contribution in [0.3, 0.4) is 0 Å². The van der Waals surface area contributed by atoms with Crippen LogP contribution in [-0.4, -0.2) is 17.4 Å². The number of benzene rings is 1. The maximum absolute atomic E-state index is 12.3. The zero-order valence-corrected chi connectivity index (χ0v) is 12.7. The first-order chi connectivity index (χ1) is 10.1. The van der Waals surface area contributed by atoms with Gasteiger partial charge in [0.05, 0.1) is 0 Å². The van der Waals surface area contributed by atoms with Gasteiger partial charge >= 0.3 is 0 Å². The number of hydrogen-bond acceptors (Lipinski definition) is 3. The van der Waals surface area contributed by atoms with E-state index in [1.54, 1.807) is 6.07 Å². The molecule has 0 bridgehead atoms. The number of hydrogen-bond donors (Lipinski definition) is 2. The van der Waals surface area contributed by atoms with Crippen LogP contribution < -0.4 is 10.6 Å². The lowest BCUT2D eigenvalue weighted by atomic mass is 10.1. The number of carbonyl (C=O) groups excluding carboxylic acids is 1. The van der Waals surface area contributed by atoms with E-state index in [1.807, 2.05) is 44.2 Å². The van der Waals surface area contributed by atoms with E-state index in [9.17, 15) is 4.79 Å². The van der Waals surface area contributed by atoms with Crippen LogP contribution in [0, 0.1) is 13.8 Å². The lowest BCUT2D eigenvalue weighted by Gasteiger charge is -2.11. The van der Waals surface area contributed by atoms with E-state index in [4.69, 9.17) is 0 Å². The summed E-state index contributed by atoms with van der Waals surface area (Å²) >= 11 is 0. The molecule has 4 nitrogen and oxygen atoms in total. The molecular formula is C17H21N3O. The average molecular weight is 283 g/mol. The Morgan fingerprint density at radius 1 is 1.14 bits per heavy atom. The molecule has 0 atom stereocenters. The van der Waals surface area contributed by atoms with Gasteiger partial charge < -0.3 is 10.6 Å². The van der Waals surface area contributed by atoms with Gasteiger partial charge in [0.15, 0.2) is 0 Å². The van der Waals surface area contributed by atoms with Crippen LogP contribution in [0.1, 0.15) is 35.0 Å². The SMILES string of the molecule is CCCNc1cccc(C(=O)Nc2cccc(C)c2C)n1. The molecule has 0 aliphatic carbocycles. The summed E-state index contributed by atoms with van der Waals surface area (Å²) in [5, 5.41) is 6.10. The van der Waals surface area contributed by atoms with Crippen molar-refractivity contribution in [1.29, 1.82) is 0 Å². The smallest absolute Gasteiger partial charge is 0.274 e. The number of amides is 1. The fraction of sp³-hybridized carbons (Fsp3) is 0.294. The lowest BCUT2D eigenvalue weighted by Crippen LogP contribution is -2.15. The van der Waals surface area contributed by atoms with Crippen LogP contribution in [-0.2, 0) is 0 Å². The molecule has 1 aromatic heterocycles. The number of carbonyl (C=O) groups is 1. The number of aromatic nitrogens is 1. The maximum atomic E-state index is 12.3. The summed E-state index contributed by atoms with van der Waals surface area (Å²) in [5.41, 5.74) is 3.47. The fourth-order valence-corrected chi connectivity index (χ4v) is 1.99. The second-order valence-electron chi connectivity index (χ2n) is 5.04. The van der Waals surface area contributed by atoms with Crippen LogP contribution in [0.4, 0.5) is 11.5 Å². The minimum absolute atomic E-state index is 0.191. The van der Waals surface area contributed by atoms with Crippen LogP contribution in [0.2, 0.25) is 0 Å². The van der Waals surface area contributed by atoms with Gasteiger partial charge in [0.2, 0.25) is 0 Å². The molecule has 2 N–H and O–H groups in total. The normalized spacial score (nSPS) is 10.2.